The lowest BCUT2D eigenvalue weighted by Crippen LogP contribution is -2.53. The Bertz CT molecular complexity index is 543. The lowest BCUT2D eigenvalue weighted by molar-refractivity contribution is -0.130. The first-order valence-corrected chi connectivity index (χ1v) is 8.16. The molecular formula is C17H25N3O3. The minimum absolute atomic E-state index is 0.0182. The van der Waals surface area contributed by atoms with Crippen LogP contribution in [-0.2, 0) is 9.59 Å². The second-order valence-corrected chi connectivity index (χ2v) is 6.31. The number of nitrogens with one attached hydrogen (secondary N) is 1. The monoisotopic (exact) mass is 319 g/mol. The molecule has 0 bridgehead atoms. The Morgan fingerprint density at radius 1 is 1.17 bits per heavy atom. The van der Waals surface area contributed by atoms with E-state index >= 15 is 0 Å². The molecule has 0 unspecified atom stereocenters. The highest BCUT2D eigenvalue weighted by molar-refractivity contribution is 6.28. The van der Waals surface area contributed by atoms with Gasteiger partial charge >= 0.3 is 6.03 Å². The Morgan fingerprint density at radius 3 is 2.39 bits per heavy atom. The minimum Gasteiger partial charge on any atom is -0.306 e. The molecule has 6 nitrogen and oxygen atoms in total. The van der Waals surface area contributed by atoms with E-state index in [0.29, 0.717) is 12.0 Å². The molecule has 0 aromatic heterocycles. The fraction of sp³-hybridized carbons (Fsp3) is 0.588. The number of carbonyl (C=O) groups excluding carboxylic acids is 3. The van der Waals surface area contributed by atoms with E-state index in [1.165, 1.54) is 6.08 Å². The van der Waals surface area contributed by atoms with Crippen molar-refractivity contribution in [3.8, 4) is 0 Å². The maximum Gasteiger partial charge on any atom is 0.331 e. The summed E-state index contributed by atoms with van der Waals surface area (Å²) < 4.78 is 0. The van der Waals surface area contributed by atoms with Gasteiger partial charge in [0.05, 0.1) is 0 Å². The van der Waals surface area contributed by atoms with E-state index in [1.54, 1.807) is 13.0 Å². The van der Waals surface area contributed by atoms with Crippen molar-refractivity contribution in [3.63, 3.8) is 0 Å². The molecule has 1 saturated carbocycles. The van der Waals surface area contributed by atoms with Crippen molar-refractivity contribution < 1.29 is 14.4 Å². The molecule has 4 amide bonds. The zero-order valence-electron chi connectivity index (χ0n) is 14.0. The molecule has 0 aromatic carbocycles. The van der Waals surface area contributed by atoms with Crippen LogP contribution in [0.3, 0.4) is 0 Å². The SMILES string of the molecule is CCN1C(=O)NC(=O)/C(=C\C=C\C2CCC(N(C)C)CC2)C1=O. The van der Waals surface area contributed by atoms with Gasteiger partial charge in [-0.15, -0.1) is 0 Å². The van der Waals surface area contributed by atoms with E-state index in [-0.39, 0.29) is 12.1 Å². The van der Waals surface area contributed by atoms with Gasteiger partial charge in [0, 0.05) is 12.6 Å². The molecule has 0 spiro atoms. The van der Waals surface area contributed by atoms with Gasteiger partial charge in [-0.25, -0.2) is 4.79 Å². The highest BCUT2D eigenvalue weighted by Crippen LogP contribution is 2.27. The van der Waals surface area contributed by atoms with Crippen molar-refractivity contribution in [1.29, 1.82) is 0 Å². The average Bonchev–Trinajstić information content (AvgIpc) is 2.51. The van der Waals surface area contributed by atoms with Crippen LogP contribution in [0.2, 0.25) is 0 Å². The van der Waals surface area contributed by atoms with Gasteiger partial charge in [-0.05, 0) is 58.7 Å². The molecule has 2 fully saturated rings. The fourth-order valence-electron chi connectivity index (χ4n) is 3.12. The van der Waals surface area contributed by atoms with E-state index in [2.05, 4.69) is 30.4 Å². The maximum atomic E-state index is 12.1. The Morgan fingerprint density at radius 2 is 1.83 bits per heavy atom. The van der Waals surface area contributed by atoms with Crippen molar-refractivity contribution in [3.05, 3.63) is 23.8 Å². The fourth-order valence-corrected chi connectivity index (χ4v) is 3.12. The van der Waals surface area contributed by atoms with Crippen molar-refractivity contribution in [2.45, 2.75) is 38.6 Å². The Hall–Kier alpha value is -1.95. The van der Waals surface area contributed by atoms with E-state index in [1.807, 2.05) is 0 Å². The van der Waals surface area contributed by atoms with Gasteiger partial charge in [0.15, 0.2) is 0 Å². The first-order valence-electron chi connectivity index (χ1n) is 8.16. The molecule has 23 heavy (non-hydrogen) atoms. The maximum absolute atomic E-state index is 12.1. The molecule has 1 saturated heterocycles. The number of carbonyl (C=O) groups is 3. The van der Waals surface area contributed by atoms with E-state index in [4.69, 9.17) is 0 Å². The van der Waals surface area contributed by atoms with Crippen LogP contribution in [0.1, 0.15) is 32.6 Å². The quantitative estimate of drug-likeness (QED) is 0.632. The summed E-state index contributed by atoms with van der Waals surface area (Å²) in [6, 6.07) is -0.00142. The number of imide groups is 2. The molecule has 2 aliphatic rings. The van der Waals surface area contributed by atoms with Gasteiger partial charge in [0.25, 0.3) is 11.8 Å². The van der Waals surface area contributed by atoms with E-state index in [0.717, 1.165) is 30.6 Å². The molecule has 0 radical (unpaired) electrons. The van der Waals surface area contributed by atoms with Gasteiger partial charge in [0.1, 0.15) is 5.57 Å². The molecule has 6 heteroatoms. The number of rotatable bonds is 4. The number of hydrogen-bond donors (Lipinski definition) is 1. The summed E-state index contributed by atoms with van der Waals surface area (Å²) >= 11 is 0. The van der Waals surface area contributed by atoms with Crippen LogP contribution in [-0.4, -0.2) is 54.3 Å². The largest absolute Gasteiger partial charge is 0.331 e. The average molecular weight is 319 g/mol. The number of likely N-dealkylation sites (N-methyl/N-ethyl adjacent to an activating group) is 1. The third-order valence-electron chi connectivity index (χ3n) is 4.62. The molecule has 1 aliphatic heterocycles. The van der Waals surface area contributed by atoms with Gasteiger partial charge in [-0.3, -0.25) is 19.8 Å². The van der Waals surface area contributed by atoms with Gasteiger partial charge in [-0.2, -0.15) is 0 Å². The Balaban J connectivity index is 1.98. The van der Waals surface area contributed by atoms with Crippen molar-refractivity contribution in [2.24, 2.45) is 5.92 Å². The third-order valence-corrected chi connectivity index (χ3v) is 4.62. The highest BCUT2D eigenvalue weighted by atomic mass is 16.2. The molecule has 0 atom stereocenters. The Kier molecular flexibility index (Phi) is 5.71. The number of hydrogen-bond acceptors (Lipinski definition) is 4. The summed E-state index contributed by atoms with van der Waals surface area (Å²) in [6.07, 6.45) is 9.91. The number of urea groups is 1. The second-order valence-electron chi connectivity index (χ2n) is 6.31. The topological polar surface area (TPSA) is 69.7 Å². The van der Waals surface area contributed by atoms with Gasteiger partial charge < -0.3 is 4.90 Å². The predicted octanol–water partition coefficient (Wildman–Crippen LogP) is 1.69. The summed E-state index contributed by atoms with van der Waals surface area (Å²) in [5.74, 6) is -0.665. The lowest BCUT2D eigenvalue weighted by Gasteiger charge is -2.31. The van der Waals surface area contributed by atoms with E-state index in [9.17, 15) is 14.4 Å². The summed E-state index contributed by atoms with van der Waals surface area (Å²) in [6.45, 7) is 1.94. The van der Waals surface area contributed by atoms with Gasteiger partial charge in [-0.1, -0.05) is 12.2 Å². The second kappa shape index (κ2) is 7.55. The van der Waals surface area contributed by atoms with E-state index < -0.39 is 17.8 Å². The third kappa shape index (κ3) is 4.07. The number of amides is 4. The van der Waals surface area contributed by atoms with Crippen molar-refractivity contribution >= 4 is 17.8 Å². The van der Waals surface area contributed by atoms with Crippen LogP contribution < -0.4 is 5.32 Å². The molecule has 2 rings (SSSR count). The molecule has 0 aromatic rings. The molecular weight excluding hydrogens is 294 g/mol. The van der Waals surface area contributed by atoms with Crippen molar-refractivity contribution in [1.82, 2.24) is 15.1 Å². The number of nitrogens with zero attached hydrogens (tertiary/aromatic N) is 2. The van der Waals surface area contributed by atoms with Crippen LogP contribution >= 0.6 is 0 Å². The normalized spacial score (nSPS) is 28.1. The van der Waals surface area contributed by atoms with Crippen molar-refractivity contribution in [2.75, 3.05) is 20.6 Å². The van der Waals surface area contributed by atoms with Crippen LogP contribution in [0, 0.1) is 5.92 Å². The first-order chi connectivity index (χ1) is 10.9. The number of allylic oxidation sites excluding steroid dienone is 3. The molecule has 1 N–H and O–H groups in total. The van der Waals surface area contributed by atoms with Crippen LogP contribution in [0.25, 0.3) is 0 Å². The smallest absolute Gasteiger partial charge is 0.306 e. The summed E-state index contributed by atoms with van der Waals surface area (Å²) in [5.41, 5.74) is 0.0182. The highest BCUT2D eigenvalue weighted by Gasteiger charge is 2.34. The Labute approximate surface area is 137 Å². The number of barbiturate groups is 1. The lowest BCUT2D eigenvalue weighted by atomic mass is 9.85. The molecule has 1 heterocycles. The minimum atomic E-state index is -0.648. The van der Waals surface area contributed by atoms with Gasteiger partial charge in [0.2, 0.25) is 0 Å². The zero-order chi connectivity index (χ0) is 17.0. The summed E-state index contributed by atoms with van der Waals surface area (Å²) in [7, 11) is 4.22. The standard InChI is InChI=1S/C17H25N3O3/c1-4-20-16(22)14(15(21)18-17(20)23)7-5-6-12-8-10-13(11-9-12)19(2)3/h5-7,12-13H,4,8-11H2,1-3H3,(H,18,21,23)/b6-5+,14-7+. The van der Waals surface area contributed by atoms with Crippen LogP contribution in [0.4, 0.5) is 4.79 Å². The molecule has 126 valence electrons. The van der Waals surface area contributed by atoms with Crippen LogP contribution in [0.15, 0.2) is 23.8 Å². The predicted molar refractivity (Wildman–Crippen MR) is 87.6 cm³/mol. The van der Waals surface area contributed by atoms with Crippen LogP contribution in [0.5, 0.6) is 0 Å². The summed E-state index contributed by atoms with van der Waals surface area (Å²) in [5, 5.41) is 2.19. The molecule has 1 aliphatic carbocycles. The first kappa shape index (κ1) is 17.4. The summed E-state index contributed by atoms with van der Waals surface area (Å²) in [4.78, 5) is 38.7. The zero-order valence-corrected chi connectivity index (χ0v) is 14.0.